The van der Waals surface area contributed by atoms with Crippen molar-refractivity contribution in [2.45, 2.75) is 23.6 Å². The third-order valence-electron chi connectivity index (χ3n) is 5.37. The molecule has 1 atom stereocenters. The van der Waals surface area contributed by atoms with E-state index in [4.69, 9.17) is 10.5 Å². The van der Waals surface area contributed by atoms with Gasteiger partial charge in [-0.2, -0.15) is 13.2 Å². The van der Waals surface area contributed by atoms with Gasteiger partial charge in [0.2, 0.25) is 0 Å². The SMILES string of the molecule is NCC[C@H]1CN(S(=O)(=O)c2cccc(C(F)(F)F)c2)c2cc(-c3cc(F)ccc3F)ccc2O1. The van der Waals surface area contributed by atoms with Crippen molar-refractivity contribution in [3.8, 4) is 16.9 Å². The second-order valence-electron chi connectivity index (χ2n) is 7.69. The number of hydrogen-bond acceptors (Lipinski definition) is 4. The fourth-order valence-electron chi connectivity index (χ4n) is 3.72. The van der Waals surface area contributed by atoms with Gasteiger partial charge in [0.1, 0.15) is 23.5 Å². The maximum Gasteiger partial charge on any atom is 0.416 e. The van der Waals surface area contributed by atoms with Crippen molar-refractivity contribution >= 4 is 15.7 Å². The molecule has 2 N–H and O–H groups in total. The smallest absolute Gasteiger partial charge is 0.416 e. The van der Waals surface area contributed by atoms with Crippen LogP contribution in [0.25, 0.3) is 11.1 Å². The van der Waals surface area contributed by atoms with Gasteiger partial charge >= 0.3 is 6.18 Å². The average molecular weight is 498 g/mol. The molecule has 0 unspecified atom stereocenters. The van der Waals surface area contributed by atoms with E-state index >= 15 is 0 Å². The quantitative estimate of drug-likeness (QED) is 0.505. The number of rotatable bonds is 5. The fraction of sp³-hybridized carbons (Fsp3) is 0.217. The van der Waals surface area contributed by atoms with Gasteiger partial charge in [-0.15, -0.1) is 0 Å². The van der Waals surface area contributed by atoms with Crippen LogP contribution in [0.15, 0.2) is 65.6 Å². The number of ether oxygens (including phenoxy) is 1. The van der Waals surface area contributed by atoms with Gasteiger partial charge in [-0.3, -0.25) is 4.31 Å². The number of anilines is 1. The van der Waals surface area contributed by atoms with Gasteiger partial charge in [-0.05, 0) is 67.1 Å². The molecule has 0 aromatic heterocycles. The molecule has 0 saturated carbocycles. The number of hydrogen-bond donors (Lipinski definition) is 1. The Morgan fingerprint density at radius 2 is 1.79 bits per heavy atom. The predicted molar refractivity (Wildman–Crippen MR) is 116 cm³/mol. The van der Waals surface area contributed by atoms with Crippen molar-refractivity contribution in [2.75, 3.05) is 17.4 Å². The first-order chi connectivity index (χ1) is 16.0. The summed E-state index contributed by atoms with van der Waals surface area (Å²) < 4.78 is 101. The van der Waals surface area contributed by atoms with Crippen LogP contribution in [0.5, 0.6) is 5.75 Å². The van der Waals surface area contributed by atoms with E-state index in [0.29, 0.717) is 6.07 Å². The van der Waals surface area contributed by atoms with E-state index in [-0.39, 0.29) is 42.1 Å². The molecule has 5 nitrogen and oxygen atoms in total. The summed E-state index contributed by atoms with van der Waals surface area (Å²) in [6.45, 7) is -0.0398. The summed E-state index contributed by atoms with van der Waals surface area (Å²) in [7, 11) is -4.48. The van der Waals surface area contributed by atoms with Crippen LogP contribution in [0.4, 0.5) is 27.6 Å². The zero-order valence-electron chi connectivity index (χ0n) is 17.5. The summed E-state index contributed by atoms with van der Waals surface area (Å²) in [5.74, 6) is -1.30. The molecule has 1 heterocycles. The van der Waals surface area contributed by atoms with E-state index in [0.717, 1.165) is 40.7 Å². The highest BCUT2D eigenvalue weighted by Gasteiger charge is 2.37. The topological polar surface area (TPSA) is 72.6 Å². The number of fused-ring (bicyclic) bond motifs is 1. The van der Waals surface area contributed by atoms with Crippen LogP contribution in [0.3, 0.4) is 0 Å². The Morgan fingerprint density at radius 3 is 2.50 bits per heavy atom. The normalized spacial score (nSPS) is 16.2. The maximum atomic E-state index is 14.4. The van der Waals surface area contributed by atoms with Gasteiger partial charge in [0.15, 0.2) is 0 Å². The van der Waals surface area contributed by atoms with E-state index in [2.05, 4.69) is 0 Å². The van der Waals surface area contributed by atoms with Crippen LogP contribution in [-0.4, -0.2) is 27.6 Å². The molecule has 0 amide bonds. The summed E-state index contributed by atoms with van der Waals surface area (Å²) in [4.78, 5) is -0.566. The molecule has 0 spiro atoms. The van der Waals surface area contributed by atoms with Crippen molar-refractivity contribution in [1.29, 1.82) is 0 Å². The molecular formula is C23H19F5N2O3S. The van der Waals surface area contributed by atoms with E-state index in [1.54, 1.807) is 0 Å². The monoisotopic (exact) mass is 498 g/mol. The van der Waals surface area contributed by atoms with E-state index < -0.39 is 44.4 Å². The zero-order valence-corrected chi connectivity index (χ0v) is 18.3. The molecule has 11 heteroatoms. The number of alkyl halides is 3. The lowest BCUT2D eigenvalue weighted by molar-refractivity contribution is -0.137. The summed E-state index contributed by atoms with van der Waals surface area (Å²) in [5, 5.41) is 0. The molecule has 34 heavy (non-hydrogen) atoms. The van der Waals surface area contributed by atoms with E-state index in [1.807, 2.05) is 0 Å². The van der Waals surface area contributed by atoms with Crippen molar-refractivity contribution in [3.63, 3.8) is 0 Å². The molecule has 3 aromatic rings. The summed E-state index contributed by atoms with van der Waals surface area (Å²) in [5.41, 5.74) is 4.53. The van der Waals surface area contributed by atoms with Crippen LogP contribution >= 0.6 is 0 Å². The fourth-order valence-corrected chi connectivity index (χ4v) is 5.27. The molecular weight excluding hydrogens is 479 g/mol. The van der Waals surface area contributed by atoms with Crippen molar-refractivity contribution in [3.05, 3.63) is 77.9 Å². The minimum atomic E-state index is -4.74. The minimum absolute atomic E-state index is 0.00755. The Kier molecular flexibility index (Phi) is 6.26. The highest BCUT2D eigenvalue weighted by atomic mass is 32.2. The van der Waals surface area contributed by atoms with Crippen LogP contribution in [0, 0.1) is 11.6 Å². The first-order valence-corrected chi connectivity index (χ1v) is 11.6. The average Bonchev–Trinajstić information content (AvgIpc) is 2.79. The minimum Gasteiger partial charge on any atom is -0.486 e. The Bertz CT molecular complexity index is 1330. The van der Waals surface area contributed by atoms with Gasteiger partial charge in [0.05, 0.1) is 22.7 Å². The first-order valence-electron chi connectivity index (χ1n) is 10.2. The van der Waals surface area contributed by atoms with Crippen molar-refractivity contribution in [2.24, 2.45) is 5.73 Å². The molecule has 180 valence electrons. The molecule has 1 aliphatic heterocycles. The lowest BCUT2D eigenvalue weighted by Gasteiger charge is -2.36. The van der Waals surface area contributed by atoms with Crippen molar-refractivity contribution in [1.82, 2.24) is 0 Å². The Balaban J connectivity index is 1.85. The molecule has 4 rings (SSSR count). The number of nitrogens with zero attached hydrogens (tertiary/aromatic N) is 1. The largest absolute Gasteiger partial charge is 0.486 e. The van der Waals surface area contributed by atoms with Gasteiger partial charge in [-0.25, -0.2) is 17.2 Å². The molecule has 0 saturated heterocycles. The van der Waals surface area contributed by atoms with Crippen LogP contribution < -0.4 is 14.8 Å². The van der Waals surface area contributed by atoms with Gasteiger partial charge < -0.3 is 10.5 Å². The lowest BCUT2D eigenvalue weighted by Crippen LogP contribution is -2.44. The molecule has 0 bridgehead atoms. The highest BCUT2D eigenvalue weighted by molar-refractivity contribution is 7.92. The van der Waals surface area contributed by atoms with E-state index in [9.17, 15) is 30.4 Å². The van der Waals surface area contributed by atoms with Gasteiger partial charge in [0, 0.05) is 5.56 Å². The summed E-state index contributed by atoms with van der Waals surface area (Å²) >= 11 is 0. The summed E-state index contributed by atoms with van der Waals surface area (Å²) in [6, 6.07) is 10.4. The lowest BCUT2D eigenvalue weighted by atomic mass is 10.0. The number of halogens is 5. The zero-order chi connectivity index (χ0) is 24.7. The van der Waals surface area contributed by atoms with Gasteiger partial charge in [0.25, 0.3) is 10.0 Å². The van der Waals surface area contributed by atoms with Gasteiger partial charge in [-0.1, -0.05) is 12.1 Å². The third kappa shape index (κ3) is 4.58. The maximum absolute atomic E-state index is 14.4. The molecule has 1 aliphatic rings. The van der Waals surface area contributed by atoms with Crippen LogP contribution in [-0.2, 0) is 16.2 Å². The Morgan fingerprint density at radius 1 is 1.03 bits per heavy atom. The van der Waals surface area contributed by atoms with E-state index in [1.165, 1.54) is 18.2 Å². The Hall–Kier alpha value is -3.18. The molecule has 0 fully saturated rings. The third-order valence-corrected chi connectivity index (χ3v) is 7.14. The van der Waals surface area contributed by atoms with Crippen LogP contribution in [0.1, 0.15) is 12.0 Å². The first kappa shape index (κ1) is 24.0. The highest BCUT2D eigenvalue weighted by Crippen LogP contribution is 2.41. The summed E-state index contributed by atoms with van der Waals surface area (Å²) in [6.07, 6.45) is -5.11. The molecule has 0 radical (unpaired) electrons. The van der Waals surface area contributed by atoms with Crippen molar-refractivity contribution < 1.29 is 35.1 Å². The second kappa shape index (κ2) is 8.88. The standard InChI is InChI=1S/C23H19F5N2O3S/c24-16-5-6-20(25)19(12-16)14-4-7-22-21(10-14)30(13-17(33-22)8-9-29)34(31,32)18-3-1-2-15(11-18)23(26,27)28/h1-7,10-12,17H,8-9,13,29H2/t17-/m0/s1. The predicted octanol–water partition coefficient (Wildman–Crippen LogP) is 4.96. The molecule has 0 aliphatic carbocycles. The van der Waals surface area contributed by atoms with Crippen LogP contribution in [0.2, 0.25) is 0 Å². The number of sulfonamides is 1. The number of benzene rings is 3. The number of nitrogens with two attached hydrogens (primary N) is 1. The second-order valence-corrected chi connectivity index (χ2v) is 9.55. The Labute approximate surface area is 192 Å². The molecule has 3 aromatic carbocycles.